The van der Waals surface area contributed by atoms with Gasteiger partial charge in [0.05, 0.1) is 4.75 Å². The van der Waals surface area contributed by atoms with Gasteiger partial charge in [-0.15, -0.1) is 5.92 Å². The van der Waals surface area contributed by atoms with Gasteiger partial charge < -0.3 is 15.8 Å². The molecule has 4 rings (SSSR count). The van der Waals surface area contributed by atoms with Gasteiger partial charge in [0.25, 0.3) is 0 Å². The van der Waals surface area contributed by atoms with E-state index in [0.717, 1.165) is 6.42 Å². The maximum Gasteiger partial charge on any atom is 0.108 e. The van der Waals surface area contributed by atoms with E-state index in [1.165, 1.54) is 20.3 Å². The SMILES string of the molecule is CC(C)(CC(=O)C1[CH-]C2CC1C1C3C=CC(C3)C21)S(=O)(=O)[O-].[U]. The first-order valence-corrected chi connectivity index (χ1v) is 9.61. The van der Waals surface area contributed by atoms with E-state index in [1.807, 2.05) is 0 Å². The maximum absolute atomic E-state index is 12.6. The molecule has 0 aromatic carbocycles. The molecule has 7 unspecified atom stereocenters. The molecule has 0 aliphatic heterocycles. The summed E-state index contributed by atoms with van der Waals surface area (Å²) in [6.07, 6.45) is 8.99. The van der Waals surface area contributed by atoms with Crippen LogP contribution in [0.15, 0.2) is 12.2 Å². The van der Waals surface area contributed by atoms with Crippen molar-refractivity contribution in [3.05, 3.63) is 18.6 Å². The number of rotatable bonds is 4. The Morgan fingerprint density at radius 3 is 2.43 bits per heavy atom. The minimum absolute atomic E-state index is 0. The second-order valence-electron chi connectivity index (χ2n) is 8.24. The summed E-state index contributed by atoms with van der Waals surface area (Å²) in [5, 5.41) is 0. The van der Waals surface area contributed by atoms with Crippen LogP contribution in [0.5, 0.6) is 0 Å². The van der Waals surface area contributed by atoms with Crippen molar-refractivity contribution in [1.82, 2.24) is 0 Å². The van der Waals surface area contributed by atoms with E-state index >= 15 is 0 Å². The zero-order chi connectivity index (χ0) is 15.9. The minimum atomic E-state index is -4.46. The first kappa shape index (κ1) is 18.2. The number of allylic oxidation sites excluding steroid dienone is 2. The van der Waals surface area contributed by atoms with Crippen molar-refractivity contribution in [1.29, 1.82) is 0 Å². The van der Waals surface area contributed by atoms with Gasteiger partial charge in [-0.3, -0.25) is 0 Å². The summed E-state index contributed by atoms with van der Waals surface area (Å²) in [7, 11) is -4.46. The summed E-state index contributed by atoms with van der Waals surface area (Å²) in [5.41, 5.74) is 0. The van der Waals surface area contributed by atoms with Gasteiger partial charge in [0.1, 0.15) is 15.9 Å². The number of ketones is 1. The Bertz CT molecular complexity index is 654. The smallest absolute Gasteiger partial charge is 0.108 e. The quantitative estimate of drug-likeness (QED) is 0.229. The summed E-state index contributed by atoms with van der Waals surface area (Å²) in [4.78, 5) is 12.6. The number of Topliss-reactive ketones (excluding diaryl/α,β-unsaturated/α-hetero) is 1. The van der Waals surface area contributed by atoms with Crippen molar-refractivity contribution >= 4 is 15.9 Å². The molecule has 4 aliphatic rings. The van der Waals surface area contributed by atoms with E-state index in [1.54, 1.807) is 0 Å². The van der Waals surface area contributed by atoms with Gasteiger partial charge >= 0.3 is 0 Å². The van der Waals surface area contributed by atoms with Crippen LogP contribution in [-0.2, 0) is 14.9 Å². The molecule has 0 aromatic heterocycles. The predicted octanol–water partition coefficient (Wildman–Crippen LogP) is 2.18. The molecule has 4 aliphatic carbocycles. The molecule has 0 amide bonds. The van der Waals surface area contributed by atoms with Crippen molar-refractivity contribution in [2.24, 2.45) is 41.4 Å². The molecule has 0 spiro atoms. The maximum atomic E-state index is 12.6. The third-order valence-corrected chi connectivity index (χ3v) is 8.18. The predicted molar refractivity (Wildman–Crippen MR) is 80.5 cm³/mol. The second-order valence-corrected chi connectivity index (χ2v) is 10.3. The molecule has 3 fully saturated rings. The summed E-state index contributed by atoms with van der Waals surface area (Å²) in [6.45, 7) is 2.73. The van der Waals surface area contributed by atoms with E-state index in [4.69, 9.17) is 0 Å². The average Bonchev–Trinajstić information content (AvgIpc) is 3.15. The molecule has 6 heteroatoms. The van der Waals surface area contributed by atoms with Gasteiger partial charge in [0.2, 0.25) is 0 Å². The average molecular weight is 560 g/mol. The third kappa shape index (κ3) is 2.63. The molecular formula is C17H22O4SU-2. The molecule has 7 atom stereocenters. The molecule has 0 saturated heterocycles. The van der Waals surface area contributed by atoms with E-state index < -0.39 is 14.9 Å². The van der Waals surface area contributed by atoms with Gasteiger partial charge in [-0.1, -0.05) is 30.4 Å². The summed E-state index contributed by atoms with van der Waals surface area (Å²) in [5.74, 6) is 3.30. The van der Waals surface area contributed by atoms with E-state index in [2.05, 4.69) is 18.6 Å². The number of carbonyl (C=O) groups is 1. The monoisotopic (exact) mass is 560 g/mol. The number of fused-ring (bicyclic) bond motifs is 9. The Kier molecular flexibility index (Phi) is 4.50. The van der Waals surface area contributed by atoms with Crippen LogP contribution in [0.25, 0.3) is 0 Å². The van der Waals surface area contributed by atoms with Crippen LogP contribution in [0.3, 0.4) is 0 Å². The largest absolute Gasteiger partial charge is 0.748 e. The van der Waals surface area contributed by atoms with Crippen LogP contribution in [0.4, 0.5) is 0 Å². The van der Waals surface area contributed by atoms with E-state index in [0.29, 0.717) is 35.5 Å². The zero-order valence-electron chi connectivity index (χ0n) is 13.4. The van der Waals surface area contributed by atoms with Crippen LogP contribution in [-0.4, -0.2) is 23.5 Å². The van der Waals surface area contributed by atoms with Crippen LogP contribution >= 0.6 is 0 Å². The van der Waals surface area contributed by atoms with Crippen molar-refractivity contribution in [2.45, 2.75) is 37.9 Å². The molecule has 0 aromatic rings. The Morgan fingerprint density at radius 2 is 1.83 bits per heavy atom. The zero-order valence-corrected chi connectivity index (χ0v) is 18.4. The number of carbonyl (C=O) groups excluding carboxylic acids is 1. The fourth-order valence-corrected chi connectivity index (χ4v) is 6.03. The van der Waals surface area contributed by atoms with Crippen LogP contribution < -0.4 is 0 Å². The van der Waals surface area contributed by atoms with Gasteiger partial charge in [-0.05, 0) is 38.0 Å². The first-order chi connectivity index (χ1) is 10.2. The molecule has 0 heterocycles. The fourth-order valence-electron chi connectivity index (χ4n) is 5.71. The Balaban J connectivity index is 0.00000156. The first-order valence-electron chi connectivity index (χ1n) is 8.20. The van der Waals surface area contributed by atoms with Crippen molar-refractivity contribution in [3.63, 3.8) is 0 Å². The molecule has 126 valence electrons. The number of hydrogen-bond donors (Lipinski definition) is 0. The molecular weight excluding hydrogens is 538 g/mol. The third-order valence-electron chi connectivity index (χ3n) is 6.68. The van der Waals surface area contributed by atoms with Crippen molar-refractivity contribution in [3.8, 4) is 0 Å². The fraction of sp³-hybridized carbons (Fsp3) is 0.765. The number of hydrogen-bond acceptors (Lipinski definition) is 4. The van der Waals surface area contributed by atoms with Crippen LogP contribution in [0, 0.1) is 79.0 Å². The van der Waals surface area contributed by atoms with Gasteiger partial charge in [-0.2, -0.15) is 5.92 Å². The van der Waals surface area contributed by atoms with Gasteiger partial charge in [0.15, 0.2) is 0 Å². The molecule has 4 nitrogen and oxygen atoms in total. The molecule has 3 saturated carbocycles. The van der Waals surface area contributed by atoms with Crippen LogP contribution in [0.2, 0.25) is 0 Å². The molecule has 23 heavy (non-hydrogen) atoms. The van der Waals surface area contributed by atoms with E-state index in [-0.39, 0.29) is 49.2 Å². The van der Waals surface area contributed by atoms with Crippen LogP contribution in [0.1, 0.15) is 33.1 Å². The topological polar surface area (TPSA) is 74.3 Å². The van der Waals surface area contributed by atoms with Gasteiger partial charge in [-0.25, -0.2) is 8.42 Å². The molecule has 4 bridgehead atoms. The van der Waals surface area contributed by atoms with Crippen molar-refractivity contribution < 1.29 is 48.9 Å². The summed E-state index contributed by atoms with van der Waals surface area (Å²) in [6, 6.07) is 0. The molecule has 0 radical (unpaired) electrons. The van der Waals surface area contributed by atoms with Crippen molar-refractivity contribution in [2.75, 3.05) is 0 Å². The summed E-state index contributed by atoms with van der Waals surface area (Å²) >= 11 is 0. The normalized spacial score (nSPS) is 43.5. The Labute approximate surface area is 162 Å². The molecule has 0 N–H and O–H groups in total. The Morgan fingerprint density at radius 1 is 1.22 bits per heavy atom. The van der Waals surface area contributed by atoms with E-state index in [9.17, 15) is 17.8 Å². The minimum Gasteiger partial charge on any atom is -0.748 e. The summed E-state index contributed by atoms with van der Waals surface area (Å²) < 4.78 is 32.5. The second kappa shape index (κ2) is 5.69. The Hall–Kier alpha value is 0.372. The standard InChI is InChI=1S/C17H23O4S.U/c1-17(2,22(19,20)21)8-14(18)12-6-11-7-13(12)16-10-4-3-9(5-10)15(11)16;/h3-4,6,9-13,15-16H,5,7-8H2,1-2H3,(H,19,20,21);/q-1;/p-1. The van der Waals surface area contributed by atoms with Gasteiger partial charge in [0, 0.05) is 37.5 Å².